The predicted octanol–water partition coefficient (Wildman–Crippen LogP) is -0.655. The molecule has 0 aromatic heterocycles. The van der Waals surface area contributed by atoms with Crippen LogP contribution >= 0.6 is 0 Å². The molecule has 2 unspecified atom stereocenters. The Morgan fingerprint density at radius 1 is 1.79 bits per heavy atom. The zero-order valence-electron chi connectivity index (χ0n) is 8.49. The first-order chi connectivity index (χ1) is 6.69. The highest BCUT2D eigenvalue weighted by Gasteiger charge is 2.26. The molecule has 0 spiro atoms. The molecule has 1 rings (SSSR count). The molecule has 14 heavy (non-hydrogen) atoms. The average Bonchev–Trinajstić information content (AvgIpc) is 2.27. The molecule has 5 heteroatoms. The summed E-state index contributed by atoms with van der Waals surface area (Å²) in [6, 6.07) is 1.86. The van der Waals surface area contributed by atoms with Crippen molar-refractivity contribution >= 4 is 5.91 Å². The maximum absolute atomic E-state index is 11.3. The Bertz CT molecular complexity index is 249. The number of morpholine rings is 1. The molecule has 0 aromatic rings. The van der Waals surface area contributed by atoms with E-state index in [2.05, 4.69) is 11.4 Å². The van der Waals surface area contributed by atoms with Gasteiger partial charge in [0.2, 0.25) is 5.91 Å². The molecule has 0 saturated carbocycles. The summed E-state index contributed by atoms with van der Waals surface area (Å²) < 4.78 is 5.19. The third-order valence-electron chi connectivity index (χ3n) is 2.42. The van der Waals surface area contributed by atoms with Crippen molar-refractivity contribution in [3.8, 4) is 6.07 Å². The third kappa shape index (κ3) is 2.44. The quantitative estimate of drug-likeness (QED) is 0.638. The third-order valence-corrected chi connectivity index (χ3v) is 2.42. The minimum absolute atomic E-state index is 0.0245. The van der Waals surface area contributed by atoms with Crippen molar-refractivity contribution in [2.24, 2.45) is 0 Å². The second-order valence-corrected chi connectivity index (χ2v) is 3.27. The molecule has 1 aliphatic rings. The Morgan fingerprint density at radius 2 is 2.50 bits per heavy atom. The van der Waals surface area contributed by atoms with Gasteiger partial charge in [0.25, 0.3) is 0 Å². The number of amides is 1. The van der Waals surface area contributed by atoms with Gasteiger partial charge in [-0.05, 0) is 6.92 Å². The Balaban J connectivity index is 2.52. The molecule has 0 radical (unpaired) electrons. The first-order valence-electron chi connectivity index (χ1n) is 4.66. The number of ether oxygens (including phenoxy) is 1. The smallest absolute Gasteiger partial charge is 0.236 e. The molecular weight excluding hydrogens is 182 g/mol. The largest absolute Gasteiger partial charge is 0.361 e. The first kappa shape index (κ1) is 11.0. The van der Waals surface area contributed by atoms with Crippen molar-refractivity contribution in [2.75, 3.05) is 26.7 Å². The van der Waals surface area contributed by atoms with Crippen LogP contribution in [-0.4, -0.2) is 49.7 Å². The Hall–Kier alpha value is -1.12. The van der Waals surface area contributed by atoms with Crippen molar-refractivity contribution in [1.29, 1.82) is 5.26 Å². The van der Waals surface area contributed by atoms with Crippen molar-refractivity contribution in [2.45, 2.75) is 19.1 Å². The van der Waals surface area contributed by atoms with Crippen LogP contribution in [-0.2, 0) is 9.53 Å². The van der Waals surface area contributed by atoms with Gasteiger partial charge in [0.1, 0.15) is 0 Å². The molecule has 1 heterocycles. The van der Waals surface area contributed by atoms with E-state index in [-0.39, 0.29) is 11.9 Å². The lowest BCUT2D eigenvalue weighted by Crippen LogP contribution is -2.51. The van der Waals surface area contributed by atoms with Gasteiger partial charge >= 0.3 is 0 Å². The van der Waals surface area contributed by atoms with Crippen LogP contribution in [0.2, 0.25) is 0 Å². The normalized spacial score (nSPS) is 25.1. The molecule has 1 amide bonds. The zero-order chi connectivity index (χ0) is 10.6. The summed E-state index contributed by atoms with van der Waals surface area (Å²) in [5.41, 5.74) is 0. The van der Waals surface area contributed by atoms with E-state index in [0.717, 1.165) is 0 Å². The molecule has 78 valence electrons. The van der Waals surface area contributed by atoms with Crippen molar-refractivity contribution < 1.29 is 9.53 Å². The van der Waals surface area contributed by atoms with Crippen LogP contribution in [0, 0.1) is 11.3 Å². The van der Waals surface area contributed by atoms with Crippen molar-refractivity contribution in [3.63, 3.8) is 0 Å². The van der Waals surface area contributed by atoms with Crippen LogP contribution < -0.4 is 5.32 Å². The molecule has 0 aromatic carbocycles. The number of carbonyl (C=O) groups is 1. The molecule has 1 aliphatic heterocycles. The molecule has 5 nitrogen and oxygen atoms in total. The first-order valence-corrected chi connectivity index (χ1v) is 4.66. The monoisotopic (exact) mass is 197 g/mol. The summed E-state index contributed by atoms with van der Waals surface area (Å²) >= 11 is 0. The molecule has 1 saturated heterocycles. The van der Waals surface area contributed by atoms with Gasteiger partial charge in [-0.2, -0.15) is 5.26 Å². The summed E-state index contributed by atoms with van der Waals surface area (Å²) in [6.45, 7) is 3.55. The van der Waals surface area contributed by atoms with E-state index < -0.39 is 6.10 Å². The van der Waals surface area contributed by atoms with E-state index in [1.165, 1.54) is 0 Å². The second-order valence-electron chi connectivity index (χ2n) is 3.27. The lowest BCUT2D eigenvalue weighted by Gasteiger charge is -2.33. The summed E-state index contributed by atoms with van der Waals surface area (Å²) in [5, 5.41) is 11.3. The van der Waals surface area contributed by atoms with Crippen LogP contribution in [0.5, 0.6) is 0 Å². The van der Waals surface area contributed by atoms with E-state index in [4.69, 9.17) is 10.00 Å². The highest BCUT2D eigenvalue weighted by molar-refractivity contribution is 5.80. The van der Waals surface area contributed by atoms with E-state index in [0.29, 0.717) is 19.7 Å². The van der Waals surface area contributed by atoms with Crippen LogP contribution in [0.4, 0.5) is 0 Å². The second kappa shape index (κ2) is 4.94. The number of likely N-dealkylation sites (N-methyl/N-ethyl adjacent to an activating group) is 1. The van der Waals surface area contributed by atoms with E-state index >= 15 is 0 Å². The summed E-state index contributed by atoms with van der Waals surface area (Å²) in [4.78, 5) is 13.3. The van der Waals surface area contributed by atoms with E-state index in [1.54, 1.807) is 7.05 Å². The Morgan fingerprint density at radius 3 is 3.07 bits per heavy atom. The molecule has 0 bridgehead atoms. The van der Waals surface area contributed by atoms with Crippen LogP contribution in [0.3, 0.4) is 0 Å². The van der Waals surface area contributed by atoms with Gasteiger partial charge in [0.05, 0.1) is 18.7 Å². The van der Waals surface area contributed by atoms with Crippen LogP contribution in [0.1, 0.15) is 6.92 Å². The molecular formula is C9H15N3O2. The van der Waals surface area contributed by atoms with Crippen molar-refractivity contribution in [3.05, 3.63) is 0 Å². The zero-order valence-corrected chi connectivity index (χ0v) is 8.49. The van der Waals surface area contributed by atoms with E-state index in [1.807, 2.05) is 11.8 Å². The SMILES string of the molecule is CNC(=O)C(C)N1CCOC(C#N)C1. The van der Waals surface area contributed by atoms with Gasteiger partial charge in [-0.15, -0.1) is 0 Å². The minimum atomic E-state index is -0.407. The standard InChI is InChI=1S/C9H15N3O2/c1-7(9(13)11-2)12-3-4-14-8(5-10)6-12/h7-8H,3-4,6H2,1-2H3,(H,11,13). The molecule has 0 aliphatic carbocycles. The number of nitriles is 1. The van der Waals surface area contributed by atoms with Gasteiger partial charge in [0, 0.05) is 20.1 Å². The lowest BCUT2D eigenvalue weighted by molar-refractivity contribution is -0.127. The highest BCUT2D eigenvalue weighted by atomic mass is 16.5. The number of hydrogen-bond acceptors (Lipinski definition) is 4. The van der Waals surface area contributed by atoms with Crippen LogP contribution in [0.25, 0.3) is 0 Å². The molecule has 2 atom stereocenters. The average molecular weight is 197 g/mol. The van der Waals surface area contributed by atoms with Crippen LogP contribution in [0.15, 0.2) is 0 Å². The topological polar surface area (TPSA) is 65.4 Å². The number of rotatable bonds is 2. The fourth-order valence-electron chi connectivity index (χ4n) is 1.47. The van der Waals surface area contributed by atoms with Crippen molar-refractivity contribution in [1.82, 2.24) is 10.2 Å². The lowest BCUT2D eigenvalue weighted by atomic mass is 10.2. The molecule has 1 N–H and O–H groups in total. The predicted molar refractivity (Wildman–Crippen MR) is 50.5 cm³/mol. The van der Waals surface area contributed by atoms with Gasteiger partial charge in [-0.25, -0.2) is 0 Å². The summed E-state index contributed by atoms with van der Waals surface area (Å²) in [6.07, 6.45) is -0.407. The Labute approximate surface area is 83.6 Å². The number of hydrogen-bond donors (Lipinski definition) is 1. The van der Waals surface area contributed by atoms with Gasteiger partial charge in [-0.1, -0.05) is 0 Å². The number of nitrogens with one attached hydrogen (secondary N) is 1. The maximum Gasteiger partial charge on any atom is 0.236 e. The van der Waals surface area contributed by atoms with E-state index in [9.17, 15) is 4.79 Å². The fraction of sp³-hybridized carbons (Fsp3) is 0.778. The Kier molecular flexibility index (Phi) is 3.86. The van der Waals surface area contributed by atoms with Gasteiger partial charge in [-0.3, -0.25) is 9.69 Å². The number of nitrogens with zero attached hydrogens (tertiary/aromatic N) is 2. The maximum atomic E-state index is 11.3. The molecule has 1 fully saturated rings. The highest BCUT2D eigenvalue weighted by Crippen LogP contribution is 2.08. The van der Waals surface area contributed by atoms with Gasteiger partial charge < -0.3 is 10.1 Å². The summed E-state index contributed by atoms with van der Waals surface area (Å²) in [5.74, 6) is -0.0245. The number of carbonyl (C=O) groups excluding carboxylic acids is 1. The summed E-state index contributed by atoms with van der Waals surface area (Å²) in [7, 11) is 1.61. The van der Waals surface area contributed by atoms with Gasteiger partial charge in [0.15, 0.2) is 6.10 Å². The fourth-order valence-corrected chi connectivity index (χ4v) is 1.47. The minimum Gasteiger partial charge on any atom is -0.361 e.